The van der Waals surface area contributed by atoms with Crippen molar-refractivity contribution in [3.05, 3.63) is 59.5 Å². The van der Waals surface area contributed by atoms with Crippen molar-refractivity contribution < 1.29 is 4.42 Å². The summed E-state index contributed by atoms with van der Waals surface area (Å²) in [6.07, 6.45) is 2.65. The quantitative estimate of drug-likeness (QED) is 0.848. The van der Waals surface area contributed by atoms with Crippen molar-refractivity contribution in [1.82, 2.24) is 5.32 Å². The molecule has 0 saturated carbocycles. The maximum absolute atomic E-state index is 5.40. The molecule has 2 aromatic rings. The first-order chi connectivity index (χ1) is 9.86. The Balaban J connectivity index is 1.95. The second-order valence-corrected chi connectivity index (χ2v) is 6.94. The van der Waals surface area contributed by atoms with Crippen molar-refractivity contribution in [3.8, 4) is 0 Å². The van der Waals surface area contributed by atoms with Crippen LogP contribution in [0, 0.1) is 0 Å². The Bertz CT molecular complexity index is 534. The zero-order valence-electron chi connectivity index (χ0n) is 13.8. The number of hydrogen-bond acceptors (Lipinski definition) is 2. The highest BCUT2D eigenvalue weighted by Crippen LogP contribution is 2.24. The summed E-state index contributed by atoms with van der Waals surface area (Å²) < 4.78 is 5.40. The molecule has 0 aliphatic rings. The average Bonchev–Trinajstić information content (AvgIpc) is 2.90. The van der Waals surface area contributed by atoms with E-state index < -0.39 is 0 Å². The maximum Gasteiger partial charge on any atom is 0.105 e. The summed E-state index contributed by atoms with van der Waals surface area (Å²) in [4.78, 5) is 0. The maximum atomic E-state index is 5.40. The lowest BCUT2D eigenvalue weighted by Gasteiger charge is -2.22. The molecule has 0 spiro atoms. The van der Waals surface area contributed by atoms with Crippen molar-refractivity contribution in [2.24, 2.45) is 0 Å². The van der Waals surface area contributed by atoms with Crippen LogP contribution >= 0.6 is 0 Å². The van der Waals surface area contributed by atoms with Gasteiger partial charge in [0.15, 0.2) is 0 Å². The van der Waals surface area contributed by atoms with E-state index >= 15 is 0 Å². The molecule has 0 fully saturated rings. The van der Waals surface area contributed by atoms with Gasteiger partial charge < -0.3 is 9.73 Å². The lowest BCUT2D eigenvalue weighted by atomic mass is 9.86. The van der Waals surface area contributed by atoms with Crippen molar-refractivity contribution in [1.29, 1.82) is 0 Å². The number of hydrogen-bond donors (Lipinski definition) is 1. The van der Waals surface area contributed by atoms with Crippen LogP contribution < -0.4 is 5.32 Å². The standard InChI is InChI=1S/C19H27NO/c1-14(13-18-7-6-12-21-18)20-15(2)16-8-10-17(11-9-16)19(3,4)5/h6-12,14-15,20H,13H2,1-5H3. The molecule has 0 aliphatic heterocycles. The van der Waals surface area contributed by atoms with Crippen LogP contribution in [0.5, 0.6) is 0 Å². The van der Waals surface area contributed by atoms with Gasteiger partial charge in [0.05, 0.1) is 6.26 Å². The van der Waals surface area contributed by atoms with Crippen LogP contribution in [0.4, 0.5) is 0 Å². The number of furan rings is 1. The first kappa shape index (κ1) is 15.8. The molecule has 2 rings (SSSR count). The molecule has 0 amide bonds. The van der Waals surface area contributed by atoms with Crippen molar-refractivity contribution in [2.75, 3.05) is 0 Å². The molecule has 1 aromatic carbocycles. The second-order valence-electron chi connectivity index (χ2n) is 6.94. The van der Waals surface area contributed by atoms with E-state index in [-0.39, 0.29) is 5.41 Å². The van der Waals surface area contributed by atoms with E-state index in [0.29, 0.717) is 12.1 Å². The summed E-state index contributed by atoms with van der Waals surface area (Å²) in [6.45, 7) is 11.1. The zero-order chi connectivity index (χ0) is 15.5. The van der Waals surface area contributed by atoms with E-state index in [1.54, 1.807) is 6.26 Å². The predicted molar refractivity (Wildman–Crippen MR) is 88.6 cm³/mol. The highest BCUT2D eigenvalue weighted by molar-refractivity contribution is 5.29. The minimum atomic E-state index is 0.210. The molecule has 0 saturated heterocycles. The SMILES string of the molecule is CC(Cc1ccco1)NC(C)c1ccc(C(C)(C)C)cc1. The third kappa shape index (κ3) is 4.47. The van der Waals surface area contributed by atoms with Gasteiger partial charge >= 0.3 is 0 Å². The van der Waals surface area contributed by atoms with Gasteiger partial charge in [0, 0.05) is 18.5 Å². The lowest BCUT2D eigenvalue weighted by molar-refractivity contribution is 0.429. The Labute approximate surface area is 128 Å². The van der Waals surface area contributed by atoms with Gasteiger partial charge in [-0.1, -0.05) is 45.0 Å². The predicted octanol–water partition coefficient (Wildman–Crippen LogP) is 4.86. The Kier molecular flexibility index (Phi) is 4.89. The third-order valence-corrected chi connectivity index (χ3v) is 3.90. The minimum Gasteiger partial charge on any atom is -0.469 e. The largest absolute Gasteiger partial charge is 0.469 e. The summed E-state index contributed by atoms with van der Waals surface area (Å²) in [7, 11) is 0. The molecule has 2 unspecified atom stereocenters. The van der Waals surface area contributed by atoms with Crippen molar-refractivity contribution in [3.63, 3.8) is 0 Å². The van der Waals surface area contributed by atoms with Gasteiger partial charge in [-0.3, -0.25) is 0 Å². The highest BCUT2D eigenvalue weighted by Gasteiger charge is 2.15. The Morgan fingerprint density at radius 1 is 1.05 bits per heavy atom. The molecular weight excluding hydrogens is 258 g/mol. The number of rotatable bonds is 5. The van der Waals surface area contributed by atoms with Crippen LogP contribution in [0.15, 0.2) is 47.1 Å². The number of benzene rings is 1. The number of nitrogens with one attached hydrogen (secondary N) is 1. The van der Waals surface area contributed by atoms with Crippen molar-refractivity contribution in [2.45, 2.75) is 58.5 Å². The van der Waals surface area contributed by atoms with Crippen LogP contribution in [0.25, 0.3) is 0 Å². The molecule has 2 atom stereocenters. The molecule has 114 valence electrons. The van der Waals surface area contributed by atoms with E-state index in [4.69, 9.17) is 4.42 Å². The Morgan fingerprint density at radius 2 is 1.71 bits per heavy atom. The van der Waals surface area contributed by atoms with Gasteiger partial charge in [0.25, 0.3) is 0 Å². The van der Waals surface area contributed by atoms with Crippen LogP contribution in [-0.4, -0.2) is 6.04 Å². The molecule has 1 N–H and O–H groups in total. The fourth-order valence-corrected chi connectivity index (χ4v) is 2.58. The average molecular weight is 285 g/mol. The van der Waals surface area contributed by atoms with E-state index in [0.717, 1.165) is 12.2 Å². The van der Waals surface area contributed by atoms with E-state index in [1.165, 1.54) is 11.1 Å². The highest BCUT2D eigenvalue weighted by atomic mass is 16.3. The Morgan fingerprint density at radius 3 is 2.24 bits per heavy atom. The molecular formula is C19H27NO. The van der Waals surface area contributed by atoms with Crippen LogP contribution in [0.2, 0.25) is 0 Å². The summed E-state index contributed by atoms with van der Waals surface area (Å²) in [5.74, 6) is 1.03. The summed E-state index contributed by atoms with van der Waals surface area (Å²) in [5.41, 5.74) is 2.92. The fourth-order valence-electron chi connectivity index (χ4n) is 2.58. The molecule has 0 bridgehead atoms. The summed E-state index contributed by atoms with van der Waals surface area (Å²) in [6, 6.07) is 13.6. The Hall–Kier alpha value is -1.54. The molecule has 2 nitrogen and oxygen atoms in total. The monoisotopic (exact) mass is 285 g/mol. The van der Waals surface area contributed by atoms with Crippen LogP contribution in [-0.2, 0) is 11.8 Å². The van der Waals surface area contributed by atoms with Gasteiger partial charge in [-0.15, -0.1) is 0 Å². The molecule has 2 heteroatoms. The van der Waals surface area contributed by atoms with Crippen LogP contribution in [0.1, 0.15) is 57.5 Å². The molecule has 1 heterocycles. The summed E-state index contributed by atoms with van der Waals surface area (Å²) in [5, 5.41) is 3.63. The van der Waals surface area contributed by atoms with Gasteiger partial charge in [0.1, 0.15) is 5.76 Å². The molecule has 1 aromatic heterocycles. The fraction of sp³-hybridized carbons (Fsp3) is 0.474. The smallest absolute Gasteiger partial charge is 0.105 e. The van der Waals surface area contributed by atoms with Gasteiger partial charge in [0.2, 0.25) is 0 Å². The normalized spacial score (nSPS) is 14.9. The van der Waals surface area contributed by atoms with Gasteiger partial charge in [-0.05, 0) is 42.5 Å². The van der Waals surface area contributed by atoms with E-state index in [1.807, 2.05) is 12.1 Å². The van der Waals surface area contributed by atoms with Crippen LogP contribution in [0.3, 0.4) is 0 Å². The topological polar surface area (TPSA) is 25.2 Å². The minimum absolute atomic E-state index is 0.210. The van der Waals surface area contributed by atoms with E-state index in [9.17, 15) is 0 Å². The van der Waals surface area contributed by atoms with Gasteiger partial charge in [-0.25, -0.2) is 0 Å². The van der Waals surface area contributed by atoms with Crippen molar-refractivity contribution >= 4 is 0 Å². The van der Waals surface area contributed by atoms with E-state index in [2.05, 4.69) is 64.2 Å². The first-order valence-electron chi connectivity index (χ1n) is 7.75. The summed E-state index contributed by atoms with van der Waals surface area (Å²) >= 11 is 0. The second kappa shape index (κ2) is 6.48. The zero-order valence-corrected chi connectivity index (χ0v) is 13.8. The first-order valence-corrected chi connectivity index (χ1v) is 7.75. The lowest BCUT2D eigenvalue weighted by Crippen LogP contribution is -2.30. The van der Waals surface area contributed by atoms with Gasteiger partial charge in [-0.2, -0.15) is 0 Å². The molecule has 0 aliphatic carbocycles. The third-order valence-electron chi connectivity index (χ3n) is 3.90. The molecule has 0 radical (unpaired) electrons. The molecule has 21 heavy (non-hydrogen) atoms.